The minimum absolute atomic E-state index is 0.0192. The van der Waals surface area contributed by atoms with Gasteiger partial charge in [-0.3, -0.25) is 4.79 Å². The molecular formula is C14H17N3O. The van der Waals surface area contributed by atoms with E-state index in [1.54, 1.807) is 17.2 Å². The number of H-pyrrole nitrogens is 1. The molecule has 0 aliphatic carbocycles. The van der Waals surface area contributed by atoms with Gasteiger partial charge in [0.1, 0.15) is 5.69 Å². The third kappa shape index (κ3) is 2.99. The Morgan fingerprint density at radius 3 is 2.56 bits per heavy atom. The molecule has 0 radical (unpaired) electrons. The Kier molecular flexibility index (Phi) is 4.15. The molecule has 4 nitrogen and oxygen atoms in total. The van der Waals surface area contributed by atoms with E-state index in [0.29, 0.717) is 25.3 Å². The molecule has 0 bridgehead atoms. The smallest absolute Gasteiger partial charge is 0.270 e. The number of benzene rings is 1. The molecule has 94 valence electrons. The minimum atomic E-state index is -0.0192. The van der Waals surface area contributed by atoms with Gasteiger partial charge >= 0.3 is 0 Å². The highest BCUT2D eigenvalue weighted by Crippen LogP contribution is 2.08. The molecule has 3 N–H and O–H groups in total. The van der Waals surface area contributed by atoms with Crippen LogP contribution in [-0.2, 0) is 6.54 Å². The van der Waals surface area contributed by atoms with Crippen molar-refractivity contribution in [2.24, 2.45) is 5.73 Å². The first-order valence-corrected chi connectivity index (χ1v) is 5.98. The lowest BCUT2D eigenvalue weighted by molar-refractivity contribution is 0.0743. The van der Waals surface area contributed by atoms with Crippen LogP contribution in [0.5, 0.6) is 0 Å². The Balaban J connectivity index is 2.11. The molecule has 0 aliphatic rings. The van der Waals surface area contributed by atoms with Crippen molar-refractivity contribution in [1.29, 1.82) is 0 Å². The second-order valence-corrected chi connectivity index (χ2v) is 4.08. The average Bonchev–Trinajstić information content (AvgIpc) is 2.92. The molecule has 0 saturated heterocycles. The van der Waals surface area contributed by atoms with E-state index in [1.807, 2.05) is 36.4 Å². The van der Waals surface area contributed by atoms with E-state index in [9.17, 15) is 4.79 Å². The number of rotatable bonds is 5. The van der Waals surface area contributed by atoms with Crippen molar-refractivity contribution in [3.63, 3.8) is 0 Å². The third-order valence-corrected chi connectivity index (χ3v) is 2.73. The predicted octanol–water partition coefficient (Wildman–Crippen LogP) is 1.62. The second kappa shape index (κ2) is 6.02. The van der Waals surface area contributed by atoms with Crippen molar-refractivity contribution in [3.05, 3.63) is 59.9 Å². The zero-order valence-electron chi connectivity index (χ0n) is 10.2. The van der Waals surface area contributed by atoms with Crippen molar-refractivity contribution < 1.29 is 4.79 Å². The Hall–Kier alpha value is -2.07. The molecular weight excluding hydrogens is 226 g/mol. The maximum absolute atomic E-state index is 12.2. The van der Waals surface area contributed by atoms with Crippen molar-refractivity contribution >= 4 is 5.91 Å². The van der Waals surface area contributed by atoms with E-state index >= 15 is 0 Å². The molecule has 1 amide bonds. The Morgan fingerprint density at radius 2 is 1.94 bits per heavy atom. The number of aromatic nitrogens is 1. The minimum Gasteiger partial charge on any atom is -0.357 e. The van der Waals surface area contributed by atoms with E-state index in [1.165, 1.54) is 0 Å². The average molecular weight is 243 g/mol. The van der Waals surface area contributed by atoms with Crippen molar-refractivity contribution in [3.8, 4) is 0 Å². The molecule has 0 unspecified atom stereocenters. The van der Waals surface area contributed by atoms with Crippen molar-refractivity contribution in [2.45, 2.75) is 6.54 Å². The number of nitrogens with one attached hydrogen (secondary N) is 1. The summed E-state index contributed by atoms with van der Waals surface area (Å²) in [6, 6.07) is 13.5. The molecule has 2 aromatic rings. The lowest BCUT2D eigenvalue weighted by Crippen LogP contribution is -2.35. The number of carbonyl (C=O) groups excluding carboxylic acids is 1. The summed E-state index contributed by atoms with van der Waals surface area (Å²) in [5.41, 5.74) is 7.27. The SMILES string of the molecule is NCCN(Cc1ccccc1)C(=O)c1ccc[nH]1. The summed E-state index contributed by atoms with van der Waals surface area (Å²) >= 11 is 0. The molecule has 2 rings (SSSR count). The summed E-state index contributed by atoms with van der Waals surface area (Å²) in [6.45, 7) is 1.59. The number of amides is 1. The molecule has 4 heteroatoms. The fraction of sp³-hybridized carbons (Fsp3) is 0.214. The van der Waals surface area contributed by atoms with Crippen LogP contribution in [0.2, 0.25) is 0 Å². The summed E-state index contributed by atoms with van der Waals surface area (Å²) in [6.07, 6.45) is 1.75. The van der Waals surface area contributed by atoms with Gasteiger partial charge in [0.15, 0.2) is 0 Å². The van der Waals surface area contributed by atoms with Gasteiger partial charge in [-0.2, -0.15) is 0 Å². The largest absolute Gasteiger partial charge is 0.357 e. The molecule has 1 heterocycles. The van der Waals surface area contributed by atoms with Gasteiger partial charge in [0.2, 0.25) is 0 Å². The van der Waals surface area contributed by atoms with Gasteiger partial charge in [0, 0.05) is 25.8 Å². The van der Waals surface area contributed by atoms with Gasteiger partial charge in [-0.25, -0.2) is 0 Å². The van der Waals surface area contributed by atoms with E-state index < -0.39 is 0 Å². The second-order valence-electron chi connectivity index (χ2n) is 4.08. The van der Waals surface area contributed by atoms with Crippen LogP contribution in [-0.4, -0.2) is 28.9 Å². The zero-order chi connectivity index (χ0) is 12.8. The number of nitrogens with two attached hydrogens (primary N) is 1. The first-order chi connectivity index (χ1) is 8.81. The highest BCUT2D eigenvalue weighted by Gasteiger charge is 2.15. The molecule has 0 spiro atoms. The first kappa shape index (κ1) is 12.4. The van der Waals surface area contributed by atoms with Crippen LogP contribution in [0.4, 0.5) is 0 Å². The maximum atomic E-state index is 12.2. The highest BCUT2D eigenvalue weighted by molar-refractivity contribution is 5.92. The fourth-order valence-electron chi connectivity index (χ4n) is 1.85. The zero-order valence-corrected chi connectivity index (χ0v) is 10.2. The number of hydrogen-bond acceptors (Lipinski definition) is 2. The Labute approximate surface area is 106 Å². The maximum Gasteiger partial charge on any atom is 0.270 e. The predicted molar refractivity (Wildman–Crippen MR) is 71.0 cm³/mol. The van der Waals surface area contributed by atoms with Crippen LogP contribution in [0.25, 0.3) is 0 Å². The van der Waals surface area contributed by atoms with Gasteiger partial charge in [-0.05, 0) is 17.7 Å². The van der Waals surface area contributed by atoms with Gasteiger partial charge in [-0.15, -0.1) is 0 Å². The van der Waals surface area contributed by atoms with Crippen LogP contribution in [0.15, 0.2) is 48.7 Å². The summed E-state index contributed by atoms with van der Waals surface area (Å²) in [5, 5.41) is 0. The lowest BCUT2D eigenvalue weighted by Gasteiger charge is -2.21. The van der Waals surface area contributed by atoms with Gasteiger partial charge < -0.3 is 15.6 Å². The van der Waals surface area contributed by atoms with Gasteiger partial charge in [-0.1, -0.05) is 30.3 Å². The summed E-state index contributed by atoms with van der Waals surface area (Å²) < 4.78 is 0. The van der Waals surface area contributed by atoms with Crippen LogP contribution >= 0.6 is 0 Å². The fourth-order valence-corrected chi connectivity index (χ4v) is 1.85. The Bertz CT molecular complexity index is 479. The van der Waals surface area contributed by atoms with E-state index in [-0.39, 0.29) is 5.91 Å². The number of aromatic amines is 1. The molecule has 0 saturated carbocycles. The summed E-state index contributed by atoms with van der Waals surface area (Å²) in [5.74, 6) is -0.0192. The molecule has 0 aliphatic heterocycles. The van der Waals surface area contributed by atoms with Crippen LogP contribution in [0, 0.1) is 0 Å². The summed E-state index contributed by atoms with van der Waals surface area (Å²) in [4.78, 5) is 16.9. The van der Waals surface area contributed by atoms with E-state index in [0.717, 1.165) is 5.56 Å². The third-order valence-electron chi connectivity index (χ3n) is 2.73. The standard InChI is InChI=1S/C14H17N3O/c15-8-10-17(11-12-5-2-1-3-6-12)14(18)13-7-4-9-16-13/h1-7,9,16H,8,10-11,15H2. The first-order valence-electron chi connectivity index (χ1n) is 5.98. The van der Waals surface area contributed by atoms with Crippen molar-refractivity contribution in [2.75, 3.05) is 13.1 Å². The Morgan fingerprint density at radius 1 is 1.17 bits per heavy atom. The molecule has 0 atom stereocenters. The number of nitrogens with zero attached hydrogens (tertiary/aromatic N) is 1. The topological polar surface area (TPSA) is 62.1 Å². The van der Waals surface area contributed by atoms with Crippen LogP contribution < -0.4 is 5.73 Å². The van der Waals surface area contributed by atoms with Crippen LogP contribution in [0.3, 0.4) is 0 Å². The van der Waals surface area contributed by atoms with Crippen LogP contribution in [0.1, 0.15) is 16.1 Å². The van der Waals surface area contributed by atoms with Gasteiger partial charge in [0.05, 0.1) is 0 Å². The summed E-state index contributed by atoms with van der Waals surface area (Å²) in [7, 11) is 0. The monoisotopic (exact) mass is 243 g/mol. The number of hydrogen-bond donors (Lipinski definition) is 2. The van der Waals surface area contributed by atoms with E-state index in [2.05, 4.69) is 4.98 Å². The quantitative estimate of drug-likeness (QED) is 0.838. The van der Waals surface area contributed by atoms with Gasteiger partial charge in [0.25, 0.3) is 5.91 Å². The molecule has 1 aromatic heterocycles. The van der Waals surface area contributed by atoms with Crippen molar-refractivity contribution in [1.82, 2.24) is 9.88 Å². The molecule has 0 fully saturated rings. The molecule has 18 heavy (non-hydrogen) atoms. The molecule has 1 aromatic carbocycles. The van der Waals surface area contributed by atoms with E-state index in [4.69, 9.17) is 5.73 Å². The highest BCUT2D eigenvalue weighted by atomic mass is 16.2. The number of carbonyl (C=O) groups is 1. The normalized spacial score (nSPS) is 10.3. The lowest BCUT2D eigenvalue weighted by atomic mass is 10.2.